The fourth-order valence-electron chi connectivity index (χ4n) is 4.29. The summed E-state index contributed by atoms with van der Waals surface area (Å²) >= 11 is 0. The molecule has 144 valence electrons. The van der Waals surface area contributed by atoms with E-state index in [4.69, 9.17) is 0 Å². The molecule has 0 N–H and O–H groups in total. The van der Waals surface area contributed by atoms with Crippen LogP contribution in [-0.4, -0.2) is 37.0 Å². The van der Waals surface area contributed by atoms with Gasteiger partial charge in [0.1, 0.15) is 0 Å². The van der Waals surface area contributed by atoms with Gasteiger partial charge < -0.3 is 9.47 Å². The van der Waals surface area contributed by atoms with E-state index in [2.05, 4.69) is 9.47 Å². The topological polar surface area (TPSA) is 52.6 Å². The second-order valence-corrected chi connectivity index (χ2v) is 6.80. The van der Waals surface area contributed by atoms with E-state index in [0.717, 1.165) is 0 Å². The first kappa shape index (κ1) is 19.8. The third-order valence-electron chi connectivity index (χ3n) is 5.31. The molecule has 10 heteroatoms. The van der Waals surface area contributed by atoms with Crippen molar-refractivity contribution in [1.82, 2.24) is 0 Å². The van der Waals surface area contributed by atoms with Crippen molar-refractivity contribution in [3.8, 4) is 0 Å². The summed E-state index contributed by atoms with van der Waals surface area (Å²) in [6, 6.07) is 0. The third-order valence-corrected chi connectivity index (χ3v) is 5.31. The minimum atomic E-state index is -5.77. The number of alkyl halides is 6. The predicted molar refractivity (Wildman–Crippen MR) is 71.1 cm³/mol. The Bertz CT molecular complexity index is 501. The normalized spacial score (nSPS) is 29.6. The van der Waals surface area contributed by atoms with Gasteiger partial charge in [-0.2, -0.15) is 26.3 Å². The first-order chi connectivity index (χ1) is 11.4. The average molecular weight is 376 g/mol. The van der Waals surface area contributed by atoms with Crippen molar-refractivity contribution in [3.05, 3.63) is 0 Å². The minimum absolute atomic E-state index is 0.0497. The van der Waals surface area contributed by atoms with Crippen molar-refractivity contribution in [1.29, 1.82) is 0 Å². The number of esters is 1. The lowest BCUT2D eigenvalue weighted by Gasteiger charge is -2.40. The summed E-state index contributed by atoms with van der Waals surface area (Å²) in [6.07, 6.45) is -11.8. The molecule has 0 aromatic carbocycles. The van der Waals surface area contributed by atoms with E-state index in [0.29, 0.717) is 19.8 Å². The van der Waals surface area contributed by atoms with Gasteiger partial charge in [0.15, 0.2) is 0 Å². The Morgan fingerprint density at radius 3 is 1.92 bits per heavy atom. The van der Waals surface area contributed by atoms with Crippen molar-refractivity contribution in [2.45, 2.75) is 50.6 Å². The molecule has 2 rings (SSSR count). The van der Waals surface area contributed by atoms with Crippen LogP contribution in [0.2, 0.25) is 0 Å². The first-order valence-electron chi connectivity index (χ1n) is 7.79. The van der Waals surface area contributed by atoms with E-state index in [1.807, 2.05) is 0 Å². The average Bonchev–Trinajstić information content (AvgIpc) is 3.00. The Labute approximate surface area is 139 Å². The lowest BCUT2D eigenvalue weighted by molar-refractivity contribution is -0.374. The highest BCUT2D eigenvalue weighted by molar-refractivity contribution is 5.66. The SMILES string of the molecule is CC(=O)OC(CC1CC2CC1CC2COC=O)(C(F)(F)F)C(F)(F)F. The van der Waals surface area contributed by atoms with Crippen LogP contribution in [0.4, 0.5) is 26.3 Å². The summed E-state index contributed by atoms with van der Waals surface area (Å²) in [4.78, 5) is 21.2. The van der Waals surface area contributed by atoms with Crippen LogP contribution in [0.1, 0.15) is 32.6 Å². The quantitative estimate of drug-likeness (QED) is 0.404. The van der Waals surface area contributed by atoms with Gasteiger partial charge in [0, 0.05) is 13.3 Å². The maximum absolute atomic E-state index is 13.3. The van der Waals surface area contributed by atoms with Gasteiger partial charge in [-0.05, 0) is 42.9 Å². The molecule has 0 aliphatic heterocycles. The molecule has 25 heavy (non-hydrogen) atoms. The van der Waals surface area contributed by atoms with Crippen molar-refractivity contribution in [2.75, 3.05) is 6.61 Å². The fraction of sp³-hybridized carbons (Fsp3) is 0.867. The number of carbonyl (C=O) groups is 2. The van der Waals surface area contributed by atoms with Crippen LogP contribution in [0.5, 0.6) is 0 Å². The number of rotatable bonds is 6. The van der Waals surface area contributed by atoms with E-state index in [9.17, 15) is 35.9 Å². The number of hydrogen-bond donors (Lipinski definition) is 0. The summed E-state index contributed by atoms with van der Waals surface area (Å²) in [7, 11) is 0. The Kier molecular flexibility index (Phi) is 5.30. The molecular formula is C15H18F6O4. The van der Waals surface area contributed by atoms with Gasteiger partial charge >= 0.3 is 23.9 Å². The van der Waals surface area contributed by atoms with Crippen LogP contribution in [0.3, 0.4) is 0 Å². The third kappa shape index (κ3) is 3.72. The molecule has 4 atom stereocenters. The molecule has 2 saturated carbocycles. The summed E-state index contributed by atoms with van der Waals surface area (Å²) in [6.45, 7) is 0.910. The van der Waals surface area contributed by atoms with E-state index in [-0.39, 0.29) is 37.3 Å². The zero-order valence-electron chi connectivity index (χ0n) is 13.3. The van der Waals surface area contributed by atoms with E-state index in [1.165, 1.54) is 0 Å². The van der Waals surface area contributed by atoms with Gasteiger partial charge in [-0.15, -0.1) is 0 Å². The van der Waals surface area contributed by atoms with E-state index >= 15 is 0 Å². The zero-order valence-corrected chi connectivity index (χ0v) is 13.3. The molecule has 0 spiro atoms. The molecule has 0 amide bonds. The fourth-order valence-corrected chi connectivity index (χ4v) is 4.29. The summed E-state index contributed by atoms with van der Waals surface area (Å²) in [5.74, 6) is -2.97. The number of carbonyl (C=O) groups excluding carboxylic acids is 2. The van der Waals surface area contributed by atoms with Gasteiger partial charge in [-0.25, -0.2) is 0 Å². The minimum Gasteiger partial charge on any atom is -0.468 e. The second-order valence-electron chi connectivity index (χ2n) is 6.80. The monoisotopic (exact) mass is 376 g/mol. The first-order valence-corrected chi connectivity index (χ1v) is 7.79. The highest BCUT2D eigenvalue weighted by atomic mass is 19.4. The Morgan fingerprint density at radius 1 is 1.00 bits per heavy atom. The maximum atomic E-state index is 13.3. The number of halogens is 6. The smallest absolute Gasteiger partial charge is 0.437 e. The van der Waals surface area contributed by atoms with Crippen molar-refractivity contribution >= 4 is 12.4 Å². The Hall–Kier alpha value is -1.48. The Balaban J connectivity index is 2.19. The molecule has 4 unspecified atom stereocenters. The van der Waals surface area contributed by atoms with Gasteiger partial charge in [-0.3, -0.25) is 9.59 Å². The van der Waals surface area contributed by atoms with Gasteiger partial charge in [0.2, 0.25) is 0 Å². The summed E-state index contributed by atoms with van der Waals surface area (Å²) in [5, 5.41) is 0. The van der Waals surface area contributed by atoms with Crippen LogP contribution in [0.25, 0.3) is 0 Å². The molecule has 2 fully saturated rings. The number of ether oxygens (including phenoxy) is 2. The zero-order chi connectivity index (χ0) is 19.0. The maximum Gasteiger partial charge on any atom is 0.437 e. The molecule has 4 nitrogen and oxygen atoms in total. The Morgan fingerprint density at radius 2 is 1.52 bits per heavy atom. The lowest BCUT2D eigenvalue weighted by atomic mass is 9.76. The number of hydrogen-bond acceptors (Lipinski definition) is 4. The molecule has 2 aliphatic carbocycles. The molecule has 2 aliphatic rings. The largest absolute Gasteiger partial charge is 0.468 e. The summed E-state index contributed by atoms with van der Waals surface area (Å²) in [5.41, 5.74) is -4.49. The van der Waals surface area contributed by atoms with Crippen molar-refractivity contribution in [3.63, 3.8) is 0 Å². The van der Waals surface area contributed by atoms with Crippen LogP contribution >= 0.6 is 0 Å². The highest BCUT2D eigenvalue weighted by Gasteiger charge is 2.74. The molecule has 2 bridgehead atoms. The van der Waals surface area contributed by atoms with Gasteiger partial charge in [0.25, 0.3) is 6.47 Å². The van der Waals surface area contributed by atoms with Crippen LogP contribution in [0.15, 0.2) is 0 Å². The summed E-state index contributed by atoms with van der Waals surface area (Å²) < 4.78 is 88.4. The molecular weight excluding hydrogens is 358 g/mol. The van der Waals surface area contributed by atoms with Crippen LogP contribution in [0, 0.1) is 23.7 Å². The van der Waals surface area contributed by atoms with Crippen LogP contribution in [-0.2, 0) is 19.1 Å². The van der Waals surface area contributed by atoms with Gasteiger partial charge in [0.05, 0.1) is 6.61 Å². The van der Waals surface area contributed by atoms with E-state index < -0.39 is 36.3 Å². The lowest BCUT2D eigenvalue weighted by Crippen LogP contribution is -2.60. The second kappa shape index (κ2) is 6.68. The molecule has 0 radical (unpaired) electrons. The standard InChI is InChI=1S/C15H18F6O4/c1-8(23)25-13(14(16,17)18,15(19,20)21)5-11-3-10-2-9(11)4-12(10)6-24-7-22/h7,9-12H,2-6H2,1H3. The van der Waals surface area contributed by atoms with Crippen molar-refractivity contribution < 1.29 is 45.4 Å². The molecule has 0 aromatic heterocycles. The number of fused-ring (bicyclic) bond motifs is 2. The van der Waals surface area contributed by atoms with Gasteiger partial charge in [-0.1, -0.05) is 0 Å². The highest BCUT2D eigenvalue weighted by Crippen LogP contribution is 2.58. The molecule has 0 aromatic rings. The van der Waals surface area contributed by atoms with Crippen LogP contribution < -0.4 is 0 Å². The molecule has 0 saturated heterocycles. The van der Waals surface area contributed by atoms with E-state index in [1.54, 1.807) is 0 Å². The molecule has 0 heterocycles. The van der Waals surface area contributed by atoms with Crippen molar-refractivity contribution in [2.24, 2.45) is 23.7 Å². The predicted octanol–water partition coefficient (Wildman–Crippen LogP) is 3.64.